The molecule has 0 N–H and O–H groups in total. The van der Waals surface area contributed by atoms with E-state index in [9.17, 15) is 10.5 Å². The summed E-state index contributed by atoms with van der Waals surface area (Å²) < 4.78 is 13.0. The van der Waals surface area contributed by atoms with Gasteiger partial charge in [0.2, 0.25) is 0 Å². The van der Waals surface area contributed by atoms with E-state index in [4.69, 9.17) is 9.47 Å². The van der Waals surface area contributed by atoms with E-state index in [0.29, 0.717) is 24.3 Å². The van der Waals surface area contributed by atoms with Crippen LogP contribution in [0.1, 0.15) is 153 Å². The zero-order valence-electron chi connectivity index (χ0n) is 29.9. The van der Waals surface area contributed by atoms with Gasteiger partial charge in [-0.3, -0.25) is 0 Å². The van der Waals surface area contributed by atoms with Crippen molar-refractivity contribution in [3.05, 3.63) is 59.7 Å². The number of fused-ring (bicyclic) bond motifs is 6. The minimum atomic E-state index is 0.611. The van der Waals surface area contributed by atoms with Gasteiger partial charge in [-0.15, -0.1) is 0 Å². The van der Waals surface area contributed by atoms with E-state index in [1.165, 1.54) is 116 Å². The molecule has 0 atom stereocenters. The summed E-state index contributed by atoms with van der Waals surface area (Å²) >= 11 is 0. The van der Waals surface area contributed by atoms with Crippen LogP contribution in [0.5, 0.6) is 11.5 Å². The molecule has 0 amide bonds. The highest BCUT2D eigenvalue weighted by atomic mass is 16.5. The second kappa shape index (κ2) is 21.3. The van der Waals surface area contributed by atoms with Crippen molar-refractivity contribution in [3.63, 3.8) is 0 Å². The van der Waals surface area contributed by atoms with Gasteiger partial charge in [-0.2, -0.15) is 10.5 Å². The van der Waals surface area contributed by atoms with Gasteiger partial charge >= 0.3 is 0 Å². The van der Waals surface area contributed by atoms with Gasteiger partial charge in [0.25, 0.3) is 0 Å². The van der Waals surface area contributed by atoms with Crippen molar-refractivity contribution in [2.75, 3.05) is 13.2 Å². The van der Waals surface area contributed by atoms with Crippen LogP contribution < -0.4 is 9.47 Å². The van der Waals surface area contributed by atoms with Crippen LogP contribution in [-0.4, -0.2) is 13.2 Å². The maximum absolute atomic E-state index is 9.66. The molecule has 0 aromatic heterocycles. The van der Waals surface area contributed by atoms with Gasteiger partial charge in [0.15, 0.2) is 11.5 Å². The van der Waals surface area contributed by atoms with E-state index in [2.05, 4.69) is 38.1 Å². The van der Waals surface area contributed by atoms with Crippen molar-refractivity contribution < 1.29 is 9.47 Å². The molecule has 0 aliphatic rings. The lowest BCUT2D eigenvalue weighted by molar-refractivity contribution is 0.259. The monoisotopic (exact) mass is 646 g/mol. The first kappa shape index (κ1) is 37.1. The molecule has 0 aliphatic heterocycles. The lowest BCUT2D eigenvalue weighted by Crippen LogP contribution is -2.03. The average molecular weight is 647 g/mol. The molecule has 0 heterocycles. The van der Waals surface area contributed by atoms with Gasteiger partial charge in [0, 0.05) is 0 Å². The first-order valence-corrected chi connectivity index (χ1v) is 19.2. The first-order valence-electron chi connectivity index (χ1n) is 19.2. The highest BCUT2D eigenvalue weighted by Gasteiger charge is 2.15. The fraction of sp³-hybridized carbons (Fsp3) is 0.545. The van der Waals surface area contributed by atoms with E-state index < -0.39 is 0 Å². The van der Waals surface area contributed by atoms with Crippen molar-refractivity contribution in [2.24, 2.45) is 0 Å². The Morgan fingerprint density at radius 1 is 0.396 bits per heavy atom. The van der Waals surface area contributed by atoms with E-state index in [1.54, 1.807) is 0 Å². The van der Waals surface area contributed by atoms with Crippen LogP contribution in [0.3, 0.4) is 0 Å². The second-order valence-corrected chi connectivity index (χ2v) is 13.6. The minimum absolute atomic E-state index is 0.611. The number of ether oxygens (including phenoxy) is 2. The Morgan fingerprint density at radius 2 is 0.708 bits per heavy atom. The number of unbranched alkanes of at least 4 members (excludes halogenated alkanes) is 18. The molecule has 4 rings (SSSR count). The van der Waals surface area contributed by atoms with Crippen LogP contribution in [0, 0.1) is 22.7 Å². The Labute approximate surface area is 290 Å². The lowest BCUT2D eigenvalue weighted by atomic mass is 9.92. The molecular weight excluding hydrogens is 588 g/mol. The lowest BCUT2D eigenvalue weighted by Gasteiger charge is -2.17. The number of benzene rings is 4. The SMILES string of the molecule is CCCCCCCCCCCCOc1cc2c3ccc(C#N)cc3c3cc(C#N)ccc3c2cc1OCCCCCCCCCCCC. The third-order valence-electron chi connectivity index (χ3n) is 9.76. The third kappa shape index (κ3) is 11.2. The summed E-state index contributed by atoms with van der Waals surface area (Å²) in [4.78, 5) is 0. The fourth-order valence-electron chi connectivity index (χ4n) is 6.92. The van der Waals surface area contributed by atoms with Gasteiger partial charge in [0.1, 0.15) is 0 Å². The van der Waals surface area contributed by atoms with Gasteiger partial charge in [-0.05, 0) is 81.6 Å². The first-order chi connectivity index (χ1) is 23.7. The molecule has 0 spiro atoms. The second-order valence-electron chi connectivity index (χ2n) is 13.6. The minimum Gasteiger partial charge on any atom is -0.490 e. The number of nitriles is 2. The Hall–Kier alpha value is -3.76. The number of rotatable bonds is 24. The highest BCUT2D eigenvalue weighted by molar-refractivity contribution is 6.26. The molecule has 256 valence electrons. The Morgan fingerprint density at radius 3 is 1.04 bits per heavy atom. The summed E-state index contributed by atoms with van der Waals surface area (Å²) in [6, 6.07) is 20.6. The van der Waals surface area contributed by atoms with E-state index in [-0.39, 0.29) is 0 Å². The summed E-state index contributed by atoms with van der Waals surface area (Å²) in [5, 5.41) is 25.5. The summed E-state index contributed by atoms with van der Waals surface area (Å²) in [6.45, 7) is 5.89. The highest BCUT2D eigenvalue weighted by Crippen LogP contribution is 2.42. The molecule has 4 aromatic rings. The quantitative estimate of drug-likeness (QED) is 0.0561. The molecule has 4 heteroatoms. The number of nitrogens with zero attached hydrogens (tertiary/aromatic N) is 2. The summed E-state index contributed by atoms with van der Waals surface area (Å²) in [7, 11) is 0. The average Bonchev–Trinajstić information content (AvgIpc) is 3.12. The normalized spacial score (nSPS) is 11.2. The molecule has 0 fully saturated rings. The summed E-state index contributed by atoms with van der Waals surface area (Å²) in [6.07, 6.45) is 25.9. The van der Waals surface area contributed by atoms with Gasteiger partial charge in [-0.25, -0.2) is 0 Å². The number of hydrogen-bond acceptors (Lipinski definition) is 4. The summed E-state index contributed by atoms with van der Waals surface area (Å²) in [5.41, 5.74) is 1.22. The zero-order valence-corrected chi connectivity index (χ0v) is 29.9. The van der Waals surface area contributed by atoms with Crippen LogP contribution >= 0.6 is 0 Å². The Bertz CT molecular complexity index is 1520. The molecule has 0 unspecified atom stereocenters. The molecule has 4 aromatic carbocycles. The maximum atomic E-state index is 9.66. The molecule has 0 radical (unpaired) electrons. The molecule has 0 bridgehead atoms. The standard InChI is InChI=1S/C44H58N2O2/c1-3-5-7-9-11-13-15-17-19-21-27-47-43-31-41-37-25-23-35(33-45)29-39(37)40-30-36(34-46)24-26-38(40)42(41)32-44(43)48-28-22-20-18-16-14-12-10-8-6-4-2/h23-26,29-32H,3-22,27-28H2,1-2H3. The van der Waals surface area contributed by atoms with Crippen molar-refractivity contribution in [2.45, 2.75) is 142 Å². The van der Waals surface area contributed by atoms with Crippen molar-refractivity contribution >= 4 is 32.3 Å². The Balaban J connectivity index is 1.47. The molecular formula is C44H58N2O2. The zero-order chi connectivity index (χ0) is 33.8. The molecule has 0 aliphatic carbocycles. The predicted octanol–water partition coefficient (Wildman–Crippen LogP) is 13.5. The maximum Gasteiger partial charge on any atom is 0.161 e. The molecule has 0 saturated heterocycles. The van der Waals surface area contributed by atoms with Crippen LogP contribution in [0.4, 0.5) is 0 Å². The van der Waals surface area contributed by atoms with Gasteiger partial charge < -0.3 is 9.47 Å². The fourth-order valence-corrected chi connectivity index (χ4v) is 6.92. The topological polar surface area (TPSA) is 66.0 Å². The molecule has 4 nitrogen and oxygen atoms in total. The van der Waals surface area contributed by atoms with Crippen LogP contribution in [0.15, 0.2) is 48.5 Å². The van der Waals surface area contributed by atoms with Crippen LogP contribution in [0.2, 0.25) is 0 Å². The van der Waals surface area contributed by atoms with E-state index in [1.807, 2.05) is 36.4 Å². The summed E-state index contributed by atoms with van der Waals surface area (Å²) in [5.74, 6) is 1.59. The van der Waals surface area contributed by atoms with Crippen molar-refractivity contribution in [1.29, 1.82) is 10.5 Å². The Kier molecular flexibility index (Phi) is 16.4. The van der Waals surface area contributed by atoms with E-state index >= 15 is 0 Å². The van der Waals surface area contributed by atoms with Crippen molar-refractivity contribution in [3.8, 4) is 23.6 Å². The number of hydrogen-bond donors (Lipinski definition) is 0. The van der Waals surface area contributed by atoms with Crippen LogP contribution in [-0.2, 0) is 0 Å². The van der Waals surface area contributed by atoms with Gasteiger partial charge in [-0.1, -0.05) is 142 Å². The third-order valence-corrected chi connectivity index (χ3v) is 9.76. The largest absolute Gasteiger partial charge is 0.490 e. The van der Waals surface area contributed by atoms with Gasteiger partial charge in [0.05, 0.1) is 36.5 Å². The molecule has 48 heavy (non-hydrogen) atoms. The van der Waals surface area contributed by atoms with Crippen LogP contribution in [0.25, 0.3) is 32.3 Å². The smallest absolute Gasteiger partial charge is 0.161 e. The van der Waals surface area contributed by atoms with Crippen molar-refractivity contribution in [1.82, 2.24) is 0 Å². The predicted molar refractivity (Wildman–Crippen MR) is 203 cm³/mol. The molecule has 0 saturated carbocycles. The van der Waals surface area contributed by atoms with E-state index in [0.717, 1.165) is 56.7 Å².